The Morgan fingerprint density at radius 3 is 2.77 bits per heavy atom. The lowest BCUT2D eigenvalue weighted by Crippen LogP contribution is -2.40. The molecule has 1 aromatic rings. The van der Waals surface area contributed by atoms with Crippen LogP contribution < -0.4 is 5.73 Å². The van der Waals surface area contributed by atoms with E-state index in [0.29, 0.717) is 41.8 Å². The molecule has 7 heteroatoms. The molecule has 0 atom stereocenters. The van der Waals surface area contributed by atoms with Crippen LogP contribution in [0.15, 0.2) is 26.4 Å². The summed E-state index contributed by atoms with van der Waals surface area (Å²) in [5.41, 5.74) is 5.33. The molecule has 3 heterocycles. The van der Waals surface area contributed by atoms with Gasteiger partial charge in [-0.25, -0.2) is 0 Å². The summed E-state index contributed by atoms with van der Waals surface area (Å²) in [5.74, 6) is 0.894. The van der Waals surface area contributed by atoms with Gasteiger partial charge in [0.05, 0.1) is 4.91 Å². The number of rotatable bonds is 2. The van der Waals surface area contributed by atoms with Gasteiger partial charge < -0.3 is 15.1 Å². The lowest BCUT2D eigenvalue weighted by atomic mass is 9.97. The van der Waals surface area contributed by atoms with Gasteiger partial charge in [-0.2, -0.15) is 4.99 Å². The number of thioether (sulfide) groups is 1. The minimum Gasteiger partial charge on any atom is -0.462 e. The van der Waals surface area contributed by atoms with E-state index in [4.69, 9.17) is 10.2 Å². The van der Waals surface area contributed by atoms with E-state index in [2.05, 4.69) is 4.99 Å². The summed E-state index contributed by atoms with van der Waals surface area (Å²) < 4.78 is 5.46. The smallest absolute Gasteiger partial charge is 0.286 e. The van der Waals surface area contributed by atoms with Crippen molar-refractivity contribution >= 4 is 34.8 Å². The molecule has 6 nitrogen and oxygen atoms in total. The Labute approximate surface area is 132 Å². The summed E-state index contributed by atoms with van der Waals surface area (Å²) in [4.78, 5) is 29.9. The number of amides is 2. The zero-order valence-corrected chi connectivity index (χ0v) is 13.1. The lowest BCUT2D eigenvalue weighted by Gasteiger charge is -2.31. The number of aliphatic imine (C=N–C) groups is 1. The average Bonchev–Trinajstić information content (AvgIpc) is 3.06. The number of carbonyl (C=O) groups excluding carboxylic acids is 2. The molecule has 2 amide bonds. The first kappa shape index (κ1) is 14.9. The van der Waals surface area contributed by atoms with Crippen molar-refractivity contribution in [3.05, 3.63) is 28.6 Å². The van der Waals surface area contributed by atoms with Crippen LogP contribution in [0.4, 0.5) is 0 Å². The van der Waals surface area contributed by atoms with E-state index >= 15 is 0 Å². The fraction of sp³-hybridized carbons (Fsp3) is 0.400. The number of piperidine rings is 1. The van der Waals surface area contributed by atoms with Gasteiger partial charge in [0.25, 0.3) is 5.91 Å². The molecule has 0 radical (unpaired) electrons. The number of amidine groups is 1. The van der Waals surface area contributed by atoms with Crippen LogP contribution in [0.5, 0.6) is 0 Å². The number of nitrogens with two attached hydrogens (primary N) is 1. The summed E-state index contributed by atoms with van der Waals surface area (Å²) in [5, 5.41) is 0.697. The van der Waals surface area contributed by atoms with Gasteiger partial charge in [0.1, 0.15) is 11.5 Å². The van der Waals surface area contributed by atoms with Crippen LogP contribution in [0.25, 0.3) is 6.08 Å². The number of aryl methyl sites for hydroxylation is 1. The predicted molar refractivity (Wildman–Crippen MR) is 84.9 cm³/mol. The minimum absolute atomic E-state index is 0.0694. The second kappa shape index (κ2) is 6.00. The summed E-state index contributed by atoms with van der Waals surface area (Å²) in [6.07, 6.45) is 3.13. The fourth-order valence-corrected chi connectivity index (χ4v) is 3.49. The zero-order chi connectivity index (χ0) is 15.7. The molecular formula is C15H17N3O3S. The van der Waals surface area contributed by atoms with Crippen LogP contribution in [0.1, 0.15) is 24.4 Å². The van der Waals surface area contributed by atoms with E-state index in [9.17, 15) is 9.59 Å². The second-order valence-corrected chi connectivity index (χ2v) is 6.43. The highest BCUT2D eigenvalue weighted by Crippen LogP contribution is 2.32. The zero-order valence-electron chi connectivity index (χ0n) is 12.2. The molecule has 0 aliphatic carbocycles. The lowest BCUT2D eigenvalue weighted by molar-refractivity contribution is -0.123. The third-order valence-corrected chi connectivity index (χ3v) is 4.86. The van der Waals surface area contributed by atoms with Crippen molar-refractivity contribution in [2.75, 3.05) is 13.1 Å². The van der Waals surface area contributed by atoms with Gasteiger partial charge in [0.15, 0.2) is 5.17 Å². The van der Waals surface area contributed by atoms with Crippen molar-refractivity contribution < 1.29 is 14.0 Å². The Morgan fingerprint density at radius 1 is 1.45 bits per heavy atom. The van der Waals surface area contributed by atoms with Gasteiger partial charge in [-0.05, 0) is 43.7 Å². The van der Waals surface area contributed by atoms with Crippen LogP contribution in [0.2, 0.25) is 0 Å². The molecule has 2 aliphatic heterocycles. The van der Waals surface area contributed by atoms with Crippen molar-refractivity contribution in [2.24, 2.45) is 16.6 Å². The molecule has 0 unspecified atom stereocenters. The third-order valence-electron chi connectivity index (χ3n) is 3.81. The second-order valence-electron chi connectivity index (χ2n) is 5.42. The van der Waals surface area contributed by atoms with E-state index in [0.717, 1.165) is 5.76 Å². The summed E-state index contributed by atoms with van der Waals surface area (Å²) in [6.45, 7) is 3.25. The quantitative estimate of drug-likeness (QED) is 0.839. The van der Waals surface area contributed by atoms with Gasteiger partial charge in [-0.1, -0.05) is 0 Å². The first-order valence-electron chi connectivity index (χ1n) is 7.16. The highest BCUT2D eigenvalue weighted by atomic mass is 32.2. The van der Waals surface area contributed by atoms with E-state index in [-0.39, 0.29) is 17.7 Å². The van der Waals surface area contributed by atoms with Crippen molar-refractivity contribution in [2.45, 2.75) is 19.8 Å². The number of hydrogen-bond donors (Lipinski definition) is 1. The Kier molecular flexibility index (Phi) is 4.06. The molecule has 2 N–H and O–H groups in total. The van der Waals surface area contributed by atoms with E-state index in [1.807, 2.05) is 24.0 Å². The molecule has 1 fully saturated rings. The normalized spacial score (nSPS) is 21.5. The van der Waals surface area contributed by atoms with Gasteiger partial charge in [-0.3, -0.25) is 9.59 Å². The Morgan fingerprint density at radius 2 is 2.18 bits per heavy atom. The van der Waals surface area contributed by atoms with Gasteiger partial charge in [0, 0.05) is 25.1 Å². The molecule has 1 saturated heterocycles. The van der Waals surface area contributed by atoms with Crippen LogP contribution in [-0.4, -0.2) is 35.0 Å². The number of carbonyl (C=O) groups is 2. The SMILES string of the molecule is Cc1ccc(/C=C2/SC(N3CCC(C(N)=O)CC3)=NC2=O)o1. The average molecular weight is 319 g/mol. The first-order valence-corrected chi connectivity index (χ1v) is 7.98. The number of hydrogen-bond acceptors (Lipinski definition) is 5. The molecule has 116 valence electrons. The Bertz CT molecular complexity index is 669. The maximum Gasteiger partial charge on any atom is 0.286 e. The number of primary amides is 1. The van der Waals surface area contributed by atoms with Gasteiger partial charge in [0.2, 0.25) is 5.91 Å². The molecule has 0 bridgehead atoms. The Hall–Kier alpha value is -2.02. The molecule has 0 saturated carbocycles. The topological polar surface area (TPSA) is 88.9 Å². The van der Waals surface area contributed by atoms with Crippen LogP contribution in [0.3, 0.4) is 0 Å². The molecular weight excluding hydrogens is 302 g/mol. The highest BCUT2D eigenvalue weighted by Gasteiger charge is 2.30. The number of furan rings is 1. The molecule has 1 aromatic heterocycles. The monoisotopic (exact) mass is 319 g/mol. The van der Waals surface area contributed by atoms with Gasteiger partial charge >= 0.3 is 0 Å². The number of likely N-dealkylation sites (tertiary alicyclic amines) is 1. The van der Waals surface area contributed by atoms with Gasteiger partial charge in [-0.15, -0.1) is 0 Å². The molecule has 2 aliphatic rings. The van der Waals surface area contributed by atoms with Crippen molar-refractivity contribution in [1.82, 2.24) is 4.90 Å². The molecule has 22 heavy (non-hydrogen) atoms. The summed E-state index contributed by atoms with van der Waals surface area (Å²) >= 11 is 1.35. The van der Waals surface area contributed by atoms with Crippen molar-refractivity contribution in [3.63, 3.8) is 0 Å². The van der Waals surface area contributed by atoms with E-state index < -0.39 is 0 Å². The highest BCUT2D eigenvalue weighted by molar-refractivity contribution is 8.18. The first-order chi connectivity index (χ1) is 10.5. The fourth-order valence-electron chi connectivity index (χ4n) is 2.55. The van der Waals surface area contributed by atoms with E-state index in [1.165, 1.54) is 11.8 Å². The molecule has 0 spiro atoms. The number of nitrogens with zero attached hydrogens (tertiary/aromatic N) is 2. The van der Waals surface area contributed by atoms with E-state index in [1.54, 1.807) is 6.08 Å². The van der Waals surface area contributed by atoms with Crippen molar-refractivity contribution in [3.8, 4) is 0 Å². The summed E-state index contributed by atoms with van der Waals surface area (Å²) in [7, 11) is 0. The maximum absolute atomic E-state index is 12.0. The molecule has 0 aromatic carbocycles. The third kappa shape index (κ3) is 3.09. The van der Waals surface area contributed by atoms with Crippen molar-refractivity contribution in [1.29, 1.82) is 0 Å². The predicted octanol–water partition coefficient (Wildman–Crippen LogP) is 1.76. The Balaban J connectivity index is 1.66. The van der Waals surface area contributed by atoms with Crippen LogP contribution in [0, 0.1) is 12.8 Å². The largest absolute Gasteiger partial charge is 0.462 e. The van der Waals surface area contributed by atoms with Crippen LogP contribution in [-0.2, 0) is 9.59 Å². The molecule has 3 rings (SSSR count). The standard InChI is InChI=1S/C15H17N3O3S/c1-9-2-3-11(21-9)8-12-14(20)17-15(22-12)18-6-4-10(5-7-18)13(16)19/h2-3,8,10H,4-7H2,1H3,(H2,16,19)/b12-8+. The maximum atomic E-state index is 12.0. The summed E-state index contributed by atoms with van der Waals surface area (Å²) in [6, 6.07) is 3.68. The minimum atomic E-state index is -0.245. The van der Waals surface area contributed by atoms with Crippen LogP contribution >= 0.6 is 11.8 Å².